The Morgan fingerprint density at radius 3 is 2.25 bits per heavy atom. The van der Waals surface area contributed by atoms with Gasteiger partial charge in [0.25, 0.3) is 0 Å². The summed E-state index contributed by atoms with van der Waals surface area (Å²) in [5.41, 5.74) is 2.45. The number of amides is 2. The van der Waals surface area contributed by atoms with E-state index >= 15 is 0 Å². The van der Waals surface area contributed by atoms with Gasteiger partial charge in [-0.15, -0.1) is 0 Å². The molecule has 5 nitrogen and oxygen atoms in total. The van der Waals surface area contributed by atoms with Crippen molar-refractivity contribution in [3.8, 4) is 0 Å². The molecule has 0 aliphatic heterocycles. The third-order valence-electron chi connectivity index (χ3n) is 3.40. The highest BCUT2D eigenvalue weighted by molar-refractivity contribution is 5.95. The molecule has 0 saturated heterocycles. The van der Waals surface area contributed by atoms with Crippen molar-refractivity contribution in [1.29, 1.82) is 0 Å². The van der Waals surface area contributed by atoms with Gasteiger partial charge in [0.05, 0.1) is 6.54 Å². The standard InChI is InChI=1S/C19H23N3O2/c1-14(2)19(24)22-17-10-6-9-16(11-17)21-18(23)13-20-12-15-7-4-3-5-8-15/h3-11,14,20H,12-13H2,1-2H3,(H,21,23)(H,22,24). The lowest BCUT2D eigenvalue weighted by atomic mass is 10.2. The Labute approximate surface area is 142 Å². The zero-order valence-corrected chi connectivity index (χ0v) is 14.0. The average Bonchev–Trinajstić information content (AvgIpc) is 2.56. The minimum absolute atomic E-state index is 0.0528. The highest BCUT2D eigenvalue weighted by Gasteiger charge is 2.08. The van der Waals surface area contributed by atoms with Crippen LogP contribution in [0.3, 0.4) is 0 Å². The van der Waals surface area contributed by atoms with E-state index in [1.54, 1.807) is 24.3 Å². The molecule has 2 aromatic carbocycles. The number of carbonyl (C=O) groups is 2. The topological polar surface area (TPSA) is 70.2 Å². The van der Waals surface area contributed by atoms with Gasteiger partial charge in [-0.1, -0.05) is 50.2 Å². The average molecular weight is 325 g/mol. The summed E-state index contributed by atoms with van der Waals surface area (Å²) in [7, 11) is 0. The van der Waals surface area contributed by atoms with E-state index in [2.05, 4.69) is 16.0 Å². The third kappa shape index (κ3) is 5.85. The van der Waals surface area contributed by atoms with E-state index in [1.165, 1.54) is 0 Å². The molecule has 0 radical (unpaired) electrons. The van der Waals surface area contributed by atoms with Gasteiger partial charge in [-0.3, -0.25) is 9.59 Å². The number of hydrogen-bond acceptors (Lipinski definition) is 3. The van der Waals surface area contributed by atoms with E-state index < -0.39 is 0 Å². The van der Waals surface area contributed by atoms with Crippen molar-refractivity contribution in [2.75, 3.05) is 17.2 Å². The second-order valence-electron chi connectivity index (χ2n) is 5.86. The summed E-state index contributed by atoms with van der Waals surface area (Å²) in [6.07, 6.45) is 0. The Morgan fingerprint density at radius 1 is 0.917 bits per heavy atom. The minimum atomic E-state index is -0.127. The Hall–Kier alpha value is -2.66. The van der Waals surface area contributed by atoms with Crippen LogP contribution in [0.25, 0.3) is 0 Å². The number of nitrogens with one attached hydrogen (secondary N) is 3. The molecule has 5 heteroatoms. The number of benzene rings is 2. The second kappa shape index (κ2) is 8.84. The normalized spacial score (nSPS) is 10.5. The maximum absolute atomic E-state index is 12.0. The molecule has 126 valence electrons. The van der Waals surface area contributed by atoms with E-state index in [4.69, 9.17) is 0 Å². The lowest BCUT2D eigenvalue weighted by molar-refractivity contribution is -0.119. The van der Waals surface area contributed by atoms with E-state index in [-0.39, 0.29) is 24.3 Å². The van der Waals surface area contributed by atoms with Crippen LogP contribution < -0.4 is 16.0 Å². The molecule has 24 heavy (non-hydrogen) atoms. The van der Waals surface area contributed by atoms with E-state index in [1.807, 2.05) is 44.2 Å². The summed E-state index contributed by atoms with van der Waals surface area (Å²) in [4.78, 5) is 23.7. The fourth-order valence-corrected chi connectivity index (χ4v) is 2.08. The van der Waals surface area contributed by atoms with Gasteiger partial charge in [-0.25, -0.2) is 0 Å². The van der Waals surface area contributed by atoms with Gasteiger partial charge in [0.2, 0.25) is 11.8 Å². The van der Waals surface area contributed by atoms with Crippen molar-refractivity contribution < 1.29 is 9.59 Å². The molecule has 0 aliphatic rings. The summed E-state index contributed by atoms with van der Waals surface area (Å²) in [5.74, 6) is -0.272. The molecule has 3 N–H and O–H groups in total. The number of rotatable bonds is 7. The van der Waals surface area contributed by atoms with Crippen molar-refractivity contribution in [1.82, 2.24) is 5.32 Å². The van der Waals surface area contributed by atoms with Crippen molar-refractivity contribution >= 4 is 23.2 Å². The van der Waals surface area contributed by atoms with Crippen LogP contribution in [0.5, 0.6) is 0 Å². The van der Waals surface area contributed by atoms with Gasteiger partial charge >= 0.3 is 0 Å². The molecule has 2 amide bonds. The maximum Gasteiger partial charge on any atom is 0.238 e. The highest BCUT2D eigenvalue weighted by Crippen LogP contribution is 2.15. The first kappa shape index (κ1) is 17.7. The first-order valence-electron chi connectivity index (χ1n) is 8.00. The van der Waals surface area contributed by atoms with Crippen molar-refractivity contribution in [2.45, 2.75) is 20.4 Å². The predicted molar refractivity (Wildman–Crippen MR) is 96.7 cm³/mol. The van der Waals surface area contributed by atoms with Crippen LogP contribution in [0.4, 0.5) is 11.4 Å². The molecular weight excluding hydrogens is 302 g/mol. The van der Waals surface area contributed by atoms with Crippen LogP contribution >= 0.6 is 0 Å². The van der Waals surface area contributed by atoms with Crippen molar-refractivity contribution in [3.63, 3.8) is 0 Å². The van der Waals surface area contributed by atoms with Crippen LogP contribution in [0.15, 0.2) is 54.6 Å². The van der Waals surface area contributed by atoms with E-state index in [9.17, 15) is 9.59 Å². The molecule has 0 saturated carbocycles. The molecule has 2 aromatic rings. The van der Waals surface area contributed by atoms with Gasteiger partial charge in [0.1, 0.15) is 0 Å². The molecule has 0 unspecified atom stereocenters. The van der Waals surface area contributed by atoms with E-state index in [0.29, 0.717) is 17.9 Å². The molecule has 0 fully saturated rings. The zero-order valence-electron chi connectivity index (χ0n) is 14.0. The summed E-state index contributed by atoms with van der Waals surface area (Å²) >= 11 is 0. The third-order valence-corrected chi connectivity index (χ3v) is 3.40. The first-order valence-corrected chi connectivity index (χ1v) is 8.00. The van der Waals surface area contributed by atoms with Gasteiger partial charge in [0, 0.05) is 23.8 Å². The SMILES string of the molecule is CC(C)C(=O)Nc1cccc(NC(=O)CNCc2ccccc2)c1. The fourth-order valence-electron chi connectivity index (χ4n) is 2.08. The van der Waals surface area contributed by atoms with Gasteiger partial charge in [-0.05, 0) is 23.8 Å². The Morgan fingerprint density at radius 2 is 1.58 bits per heavy atom. The largest absolute Gasteiger partial charge is 0.326 e. The van der Waals surface area contributed by atoms with Gasteiger partial charge in [-0.2, -0.15) is 0 Å². The zero-order chi connectivity index (χ0) is 17.4. The summed E-state index contributed by atoms with van der Waals surface area (Å²) in [6, 6.07) is 17.0. The number of carbonyl (C=O) groups excluding carboxylic acids is 2. The molecule has 0 atom stereocenters. The summed E-state index contributed by atoms with van der Waals surface area (Å²) in [5, 5.41) is 8.73. The van der Waals surface area contributed by atoms with Crippen LogP contribution in [-0.4, -0.2) is 18.4 Å². The van der Waals surface area contributed by atoms with Crippen LogP contribution in [-0.2, 0) is 16.1 Å². The van der Waals surface area contributed by atoms with Gasteiger partial charge < -0.3 is 16.0 Å². The second-order valence-corrected chi connectivity index (χ2v) is 5.86. The Balaban J connectivity index is 1.82. The fraction of sp³-hybridized carbons (Fsp3) is 0.263. The lowest BCUT2D eigenvalue weighted by Crippen LogP contribution is -2.27. The minimum Gasteiger partial charge on any atom is -0.326 e. The smallest absolute Gasteiger partial charge is 0.238 e. The number of hydrogen-bond donors (Lipinski definition) is 3. The predicted octanol–water partition coefficient (Wildman–Crippen LogP) is 3.01. The monoisotopic (exact) mass is 325 g/mol. The molecule has 0 aromatic heterocycles. The van der Waals surface area contributed by atoms with Crippen LogP contribution in [0.2, 0.25) is 0 Å². The molecule has 0 spiro atoms. The highest BCUT2D eigenvalue weighted by atomic mass is 16.2. The summed E-state index contributed by atoms with van der Waals surface area (Å²) in [6.45, 7) is 4.52. The quantitative estimate of drug-likeness (QED) is 0.733. The Kier molecular flexibility index (Phi) is 6.51. The first-order chi connectivity index (χ1) is 11.5. The van der Waals surface area contributed by atoms with E-state index in [0.717, 1.165) is 5.56 Å². The van der Waals surface area contributed by atoms with Crippen LogP contribution in [0.1, 0.15) is 19.4 Å². The number of anilines is 2. The van der Waals surface area contributed by atoms with Gasteiger partial charge in [0.15, 0.2) is 0 Å². The van der Waals surface area contributed by atoms with Crippen molar-refractivity contribution in [2.24, 2.45) is 5.92 Å². The molecule has 0 heterocycles. The molecule has 2 rings (SSSR count). The van der Waals surface area contributed by atoms with Crippen molar-refractivity contribution in [3.05, 3.63) is 60.2 Å². The Bertz CT molecular complexity index is 684. The molecular formula is C19H23N3O2. The molecule has 0 bridgehead atoms. The molecule has 0 aliphatic carbocycles. The summed E-state index contributed by atoms with van der Waals surface area (Å²) < 4.78 is 0. The lowest BCUT2D eigenvalue weighted by Gasteiger charge is -2.10. The van der Waals surface area contributed by atoms with Crippen LogP contribution in [0, 0.1) is 5.92 Å². The maximum atomic E-state index is 12.0.